The Morgan fingerprint density at radius 2 is 1.56 bits per heavy atom. The molecular formula is C21H25NO5. The van der Waals surface area contributed by atoms with Crippen LogP contribution < -0.4 is 4.74 Å². The van der Waals surface area contributed by atoms with Crippen LogP contribution in [0.25, 0.3) is 0 Å². The van der Waals surface area contributed by atoms with Crippen molar-refractivity contribution in [1.82, 2.24) is 4.90 Å². The van der Waals surface area contributed by atoms with Gasteiger partial charge in [0.1, 0.15) is 17.6 Å². The van der Waals surface area contributed by atoms with Crippen LogP contribution in [0.1, 0.15) is 41.0 Å². The summed E-state index contributed by atoms with van der Waals surface area (Å²) in [5.41, 5.74) is 0.939. The molecule has 6 nitrogen and oxygen atoms in total. The minimum absolute atomic E-state index is 0.112. The van der Waals surface area contributed by atoms with E-state index in [2.05, 4.69) is 0 Å². The van der Waals surface area contributed by atoms with Crippen molar-refractivity contribution in [2.45, 2.75) is 32.4 Å². The summed E-state index contributed by atoms with van der Waals surface area (Å²) in [5, 5.41) is 9.33. The van der Waals surface area contributed by atoms with Crippen molar-refractivity contribution in [2.24, 2.45) is 0 Å². The summed E-state index contributed by atoms with van der Waals surface area (Å²) in [5.74, 6) is 0.213. The van der Waals surface area contributed by atoms with Gasteiger partial charge in [0.05, 0.1) is 12.7 Å². The smallest absolute Gasteiger partial charge is 0.338 e. The lowest BCUT2D eigenvalue weighted by Crippen LogP contribution is -2.37. The minimum atomic E-state index is -0.412. The number of hydrogen-bond acceptors (Lipinski definition) is 5. The van der Waals surface area contributed by atoms with Gasteiger partial charge < -0.3 is 19.5 Å². The molecule has 0 fully saturated rings. The van der Waals surface area contributed by atoms with E-state index in [1.807, 2.05) is 6.92 Å². The van der Waals surface area contributed by atoms with Gasteiger partial charge in [-0.1, -0.05) is 0 Å². The van der Waals surface area contributed by atoms with E-state index in [-0.39, 0.29) is 23.8 Å². The molecule has 2 rings (SSSR count). The van der Waals surface area contributed by atoms with Crippen molar-refractivity contribution in [1.29, 1.82) is 0 Å². The number of nitrogens with zero attached hydrogens (tertiary/aromatic N) is 1. The Morgan fingerprint density at radius 3 is 2.11 bits per heavy atom. The first-order chi connectivity index (χ1) is 12.8. The predicted molar refractivity (Wildman–Crippen MR) is 102 cm³/mol. The average molecular weight is 371 g/mol. The maximum absolute atomic E-state index is 12.5. The number of phenolic OH excluding ortho intramolecular Hbond substituents is 1. The molecule has 0 heterocycles. The van der Waals surface area contributed by atoms with Crippen LogP contribution in [-0.2, 0) is 4.74 Å². The van der Waals surface area contributed by atoms with Crippen molar-refractivity contribution < 1.29 is 24.2 Å². The van der Waals surface area contributed by atoms with Gasteiger partial charge in [0, 0.05) is 25.1 Å². The number of phenols is 1. The van der Waals surface area contributed by atoms with Gasteiger partial charge in [-0.2, -0.15) is 0 Å². The van der Waals surface area contributed by atoms with Crippen molar-refractivity contribution >= 4 is 11.9 Å². The highest BCUT2D eigenvalue weighted by Gasteiger charge is 2.21. The first-order valence-electron chi connectivity index (χ1n) is 8.73. The molecule has 0 aliphatic rings. The first-order valence-corrected chi connectivity index (χ1v) is 8.73. The molecule has 0 spiro atoms. The number of carbonyl (C=O) groups is 2. The van der Waals surface area contributed by atoms with Crippen LogP contribution in [0.2, 0.25) is 0 Å². The highest BCUT2D eigenvalue weighted by Crippen LogP contribution is 2.17. The summed E-state index contributed by atoms with van der Waals surface area (Å²) in [6.07, 6.45) is 0.145. The molecule has 0 radical (unpaired) electrons. The molecule has 0 bridgehead atoms. The van der Waals surface area contributed by atoms with Crippen LogP contribution in [0.4, 0.5) is 0 Å². The highest BCUT2D eigenvalue weighted by molar-refractivity contribution is 5.94. The quantitative estimate of drug-likeness (QED) is 0.754. The summed E-state index contributed by atoms with van der Waals surface area (Å²) in [7, 11) is 3.27. The fraction of sp³-hybridized carbons (Fsp3) is 0.333. The van der Waals surface area contributed by atoms with Gasteiger partial charge in [0.2, 0.25) is 0 Å². The van der Waals surface area contributed by atoms with Crippen molar-refractivity contribution in [3.05, 3.63) is 59.7 Å². The topological polar surface area (TPSA) is 76.1 Å². The molecule has 0 aliphatic heterocycles. The summed E-state index contributed by atoms with van der Waals surface area (Å²) < 4.78 is 10.6. The molecule has 2 aromatic carbocycles. The average Bonchev–Trinajstić information content (AvgIpc) is 2.67. The van der Waals surface area contributed by atoms with E-state index in [4.69, 9.17) is 9.47 Å². The fourth-order valence-corrected chi connectivity index (χ4v) is 2.67. The molecule has 0 saturated carbocycles. The van der Waals surface area contributed by atoms with Gasteiger partial charge in [0.15, 0.2) is 0 Å². The largest absolute Gasteiger partial charge is 0.508 e. The first kappa shape index (κ1) is 20.3. The monoisotopic (exact) mass is 371 g/mol. The van der Waals surface area contributed by atoms with E-state index in [0.29, 0.717) is 23.3 Å². The zero-order chi connectivity index (χ0) is 20.0. The molecule has 2 atom stereocenters. The van der Waals surface area contributed by atoms with Crippen molar-refractivity contribution in [3.8, 4) is 11.5 Å². The van der Waals surface area contributed by atoms with Crippen molar-refractivity contribution in [3.63, 3.8) is 0 Å². The fourth-order valence-electron chi connectivity index (χ4n) is 2.67. The summed E-state index contributed by atoms with van der Waals surface area (Å²) in [6, 6.07) is 12.7. The molecule has 0 aliphatic carbocycles. The molecule has 0 saturated heterocycles. The molecule has 1 amide bonds. The Hall–Kier alpha value is -3.02. The third kappa shape index (κ3) is 5.48. The van der Waals surface area contributed by atoms with E-state index in [1.54, 1.807) is 62.4 Å². The van der Waals surface area contributed by atoms with E-state index in [0.717, 1.165) is 0 Å². The number of ether oxygens (including phenoxy) is 2. The number of rotatable bonds is 7. The van der Waals surface area contributed by atoms with E-state index in [9.17, 15) is 14.7 Å². The second-order valence-corrected chi connectivity index (χ2v) is 6.49. The van der Waals surface area contributed by atoms with Gasteiger partial charge in [-0.05, 0) is 62.4 Å². The lowest BCUT2D eigenvalue weighted by molar-refractivity contribution is 0.0268. The molecule has 27 heavy (non-hydrogen) atoms. The lowest BCUT2D eigenvalue weighted by atomic mass is 10.1. The Labute approximate surface area is 159 Å². The van der Waals surface area contributed by atoms with Gasteiger partial charge in [-0.15, -0.1) is 0 Å². The van der Waals surface area contributed by atoms with E-state index >= 15 is 0 Å². The maximum Gasteiger partial charge on any atom is 0.338 e. The van der Waals surface area contributed by atoms with Crippen LogP contribution in [0.15, 0.2) is 48.5 Å². The highest BCUT2D eigenvalue weighted by atomic mass is 16.5. The SMILES string of the molecule is COc1ccc(C(=O)OC(C)CC(C)N(C)C(=O)c2ccc(O)cc2)cc1. The van der Waals surface area contributed by atoms with Crippen LogP contribution in [0, 0.1) is 0 Å². The molecule has 0 aromatic heterocycles. The molecule has 2 aromatic rings. The normalized spacial score (nSPS) is 12.7. The second-order valence-electron chi connectivity index (χ2n) is 6.49. The van der Waals surface area contributed by atoms with Crippen LogP contribution >= 0.6 is 0 Å². The summed E-state index contributed by atoms with van der Waals surface area (Å²) in [6.45, 7) is 3.70. The van der Waals surface area contributed by atoms with E-state index < -0.39 is 5.97 Å². The number of methoxy groups -OCH3 is 1. The van der Waals surface area contributed by atoms with Gasteiger partial charge in [0.25, 0.3) is 5.91 Å². The molecule has 1 N–H and O–H groups in total. The third-order valence-electron chi connectivity index (χ3n) is 4.40. The zero-order valence-corrected chi connectivity index (χ0v) is 16.0. The number of esters is 1. The van der Waals surface area contributed by atoms with Crippen LogP contribution in [0.3, 0.4) is 0 Å². The minimum Gasteiger partial charge on any atom is -0.508 e. The summed E-state index contributed by atoms with van der Waals surface area (Å²) >= 11 is 0. The number of benzene rings is 2. The molecule has 2 unspecified atom stereocenters. The third-order valence-corrected chi connectivity index (χ3v) is 4.40. The standard InChI is InChI=1S/C21H25NO5/c1-14(22(3)20(24)16-5-9-18(23)10-6-16)13-15(2)27-21(25)17-7-11-19(26-4)12-8-17/h5-12,14-15,23H,13H2,1-4H3. The van der Waals surface area contributed by atoms with Gasteiger partial charge >= 0.3 is 5.97 Å². The molecule has 6 heteroatoms. The Balaban J connectivity index is 1.91. The van der Waals surface area contributed by atoms with Crippen LogP contribution in [-0.4, -0.2) is 48.2 Å². The Bertz CT molecular complexity index is 770. The number of aromatic hydroxyl groups is 1. The van der Waals surface area contributed by atoms with Gasteiger partial charge in [-0.25, -0.2) is 4.79 Å². The van der Waals surface area contributed by atoms with Crippen LogP contribution in [0.5, 0.6) is 11.5 Å². The number of amides is 1. The summed E-state index contributed by atoms with van der Waals surface area (Å²) in [4.78, 5) is 26.3. The Morgan fingerprint density at radius 1 is 1.00 bits per heavy atom. The lowest BCUT2D eigenvalue weighted by Gasteiger charge is -2.27. The zero-order valence-electron chi connectivity index (χ0n) is 16.0. The maximum atomic E-state index is 12.5. The number of hydrogen-bond donors (Lipinski definition) is 1. The Kier molecular flexibility index (Phi) is 6.82. The second kappa shape index (κ2) is 9.07. The van der Waals surface area contributed by atoms with Gasteiger partial charge in [-0.3, -0.25) is 4.79 Å². The van der Waals surface area contributed by atoms with Crippen molar-refractivity contribution in [2.75, 3.05) is 14.2 Å². The molecular weight excluding hydrogens is 346 g/mol. The van der Waals surface area contributed by atoms with E-state index in [1.165, 1.54) is 12.1 Å². The number of carbonyl (C=O) groups excluding carboxylic acids is 2. The molecule has 144 valence electrons. The predicted octanol–water partition coefficient (Wildman–Crippen LogP) is 3.50.